The van der Waals surface area contributed by atoms with E-state index in [0.717, 1.165) is 50.5 Å². The van der Waals surface area contributed by atoms with Crippen LogP contribution in [-0.2, 0) is 23.3 Å². The maximum absolute atomic E-state index is 12.5. The van der Waals surface area contributed by atoms with Gasteiger partial charge in [0.05, 0.1) is 16.4 Å². The summed E-state index contributed by atoms with van der Waals surface area (Å²) < 4.78 is 1.73. The van der Waals surface area contributed by atoms with Crippen LogP contribution in [0.25, 0.3) is 0 Å². The molecule has 1 saturated heterocycles. The van der Waals surface area contributed by atoms with E-state index in [9.17, 15) is 4.79 Å². The highest BCUT2D eigenvalue weighted by molar-refractivity contribution is 7.09. The van der Waals surface area contributed by atoms with Crippen LogP contribution in [0.5, 0.6) is 0 Å². The van der Waals surface area contributed by atoms with E-state index in [1.165, 1.54) is 5.01 Å². The molecule has 0 atom stereocenters. The second-order valence-corrected chi connectivity index (χ2v) is 8.92. The lowest BCUT2D eigenvalue weighted by Gasteiger charge is -2.21. The highest BCUT2D eigenvalue weighted by atomic mass is 32.1. The van der Waals surface area contributed by atoms with Crippen LogP contribution in [0.1, 0.15) is 43.6 Å². The first kappa shape index (κ1) is 19.0. The van der Waals surface area contributed by atoms with Crippen molar-refractivity contribution in [2.24, 2.45) is 0 Å². The summed E-state index contributed by atoms with van der Waals surface area (Å²) >= 11 is 1.75. The molecule has 0 bridgehead atoms. The Morgan fingerprint density at radius 1 is 1.23 bits per heavy atom. The van der Waals surface area contributed by atoms with Crippen molar-refractivity contribution in [2.75, 3.05) is 26.2 Å². The van der Waals surface area contributed by atoms with Crippen molar-refractivity contribution >= 4 is 17.2 Å². The highest BCUT2D eigenvalue weighted by Gasteiger charge is 2.22. The molecule has 2 aromatic rings. The van der Waals surface area contributed by atoms with Crippen LogP contribution in [0.15, 0.2) is 17.6 Å². The maximum atomic E-state index is 12.5. The molecule has 26 heavy (non-hydrogen) atoms. The molecule has 0 N–H and O–H groups in total. The minimum atomic E-state index is 0.107. The Bertz CT molecular complexity index is 745. The lowest BCUT2D eigenvalue weighted by atomic mass is 9.98. The molecule has 7 heteroatoms. The predicted molar refractivity (Wildman–Crippen MR) is 104 cm³/mol. The van der Waals surface area contributed by atoms with E-state index in [-0.39, 0.29) is 11.3 Å². The SMILES string of the molecule is Cc1ccn(CC(=O)N2CCCN(Cc3csc(C(C)(C)C)n3)CC2)n1. The Morgan fingerprint density at radius 2 is 2.04 bits per heavy atom. The number of carbonyl (C=O) groups excluding carboxylic acids is 1. The summed E-state index contributed by atoms with van der Waals surface area (Å²) in [5, 5.41) is 7.68. The zero-order valence-corrected chi connectivity index (χ0v) is 17.1. The second kappa shape index (κ2) is 7.88. The maximum Gasteiger partial charge on any atom is 0.244 e. The number of nitrogens with zero attached hydrogens (tertiary/aromatic N) is 5. The van der Waals surface area contributed by atoms with Crippen molar-refractivity contribution in [3.05, 3.63) is 34.0 Å². The van der Waals surface area contributed by atoms with Crippen molar-refractivity contribution in [2.45, 2.75) is 52.6 Å². The van der Waals surface area contributed by atoms with Crippen molar-refractivity contribution in [1.82, 2.24) is 24.6 Å². The lowest BCUT2D eigenvalue weighted by Crippen LogP contribution is -2.37. The van der Waals surface area contributed by atoms with Gasteiger partial charge < -0.3 is 4.90 Å². The number of hydrogen-bond acceptors (Lipinski definition) is 5. The quantitative estimate of drug-likeness (QED) is 0.824. The molecule has 2 aromatic heterocycles. The molecule has 1 aliphatic heterocycles. The van der Waals surface area contributed by atoms with E-state index in [1.54, 1.807) is 16.0 Å². The van der Waals surface area contributed by atoms with Gasteiger partial charge in [0.2, 0.25) is 5.91 Å². The minimum Gasteiger partial charge on any atom is -0.340 e. The van der Waals surface area contributed by atoms with Gasteiger partial charge in [-0.15, -0.1) is 11.3 Å². The molecule has 3 rings (SSSR count). The molecular weight excluding hydrogens is 346 g/mol. The molecule has 0 unspecified atom stereocenters. The number of rotatable bonds is 4. The summed E-state index contributed by atoms with van der Waals surface area (Å²) in [5.41, 5.74) is 2.19. The van der Waals surface area contributed by atoms with Gasteiger partial charge in [0.1, 0.15) is 6.54 Å². The first-order valence-corrected chi connectivity index (χ1v) is 10.1. The van der Waals surface area contributed by atoms with Crippen LogP contribution in [0, 0.1) is 6.92 Å². The summed E-state index contributed by atoms with van der Waals surface area (Å²) in [5.74, 6) is 0.152. The fraction of sp³-hybridized carbons (Fsp3) is 0.632. The summed E-state index contributed by atoms with van der Waals surface area (Å²) in [6.45, 7) is 13.2. The van der Waals surface area contributed by atoms with Crippen molar-refractivity contribution in [3.63, 3.8) is 0 Å². The third-order valence-electron chi connectivity index (χ3n) is 4.59. The second-order valence-electron chi connectivity index (χ2n) is 8.06. The van der Waals surface area contributed by atoms with Crippen LogP contribution < -0.4 is 0 Å². The molecule has 1 aliphatic rings. The van der Waals surface area contributed by atoms with Gasteiger partial charge in [-0.05, 0) is 19.4 Å². The van der Waals surface area contributed by atoms with Crippen LogP contribution in [0.2, 0.25) is 0 Å². The Labute approximate surface area is 159 Å². The first-order chi connectivity index (χ1) is 12.3. The Morgan fingerprint density at radius 3 is 2.69 bits per heavy atom. The van der Waals surface area contributed by atoms with Gasteiger partial charge in [-0.2, -0.15) is 5.10 Å². The first-order valence-electron chi connectivity index (χ1n) is 9.26. The van der Waals surface area contributed by atoms with Crippen molar-refractivity contribution in [3.8, 4) is 0 Å². The Kier molecular flexibility index (Phi) is 5.77. The molecule has 0 aromatic carbocycles. The normalized spacial score (nSPS) is 16.7. The Hall–Kier alpha value is -1.73. The summed E-state index contributed by atoms with van der Waals surface area (Å²) in [4.78, 5) is 21.7. The van der Waals surface area contributed by atoms with E-state index < -0.39 is 0 Å². The fourth-order valence-electron chi connectivity index (χ4n) is 3.12. The van der Waals surface area contributed by atoms with Gasteiger partial charge in [0.25, 0.3) is 0 Å². The smallest absolute Gasteiger partial charge is 0.244 e. The van der Waals surface area contributed by atoms with Gasteiger partial charge in [-0.3, -0.25) is 14.4 Å². The number of thiazole rings is 1. The zero-order valence-electron chi connectivity index (χ0n) is 16.2. The molecule has 0 saturated carbocycles. The zero-order chi connectivity index (χ0) is 18.7. The molecule has 0 radical (unpaired) electrons. The number of hydrogen-bond donors (Lipinski definition) is 0. The van der Waals surface area contributed by atoms with Crippen LogP contribution in [-0.4, -0.2) is 56.7 Å². The molecule has 0 spiro atoms. The van der Waals surface area contributed by atoms with E-state index in [4.69, 9.17) is 4.98 Å². The fourth-order valence-corrected chi connectivity index (χ4v) is 4.02. The predicted octanol–water partition coefficient (Wildman–Crippen LogP) is 2.68. The molecule has 1 amide bonds. The lowest BCUT2D eigenvalue weighted by molar-refractivity contribution is -0.131. The van der Waals surface area contributed by atoms with Gasteiger partial charge in [-0.1, -0.05) is 20.8 Å². The van der Waals surface area contributed by atoms with E-state index >= 15 is 0 Å². The molecule has 3 heterocycles. The highest BCUT2D eigenvalue weighted by Crippen LogP contribution is 2.26. The number of aromatic nitrogens is 3. The average Bonchev–Trinajstić information content (AvgIpc) is 3.12. The topological polar surface area (TPSA) is 54.3 Å². The number of amides is 1. The summed E-state index contributed by atoms with van der Waals surface area (Å²) in [6, 6.07) is 1.93. The summed E-state index contributed by atoms with van der Waals surface area (Å²) in [7, 11) is 0. The molecule has 1 fully saturated rings. The molecule has 0 aliphatic carbocycles. The minimum absolute atomic E-state index is 0.107. The monoisotopic (exact) mass is 375 g/mol. The standard InChI is InChI=1S/C19H29N5OS/c1-15-6-9-24(21-15)13-17(25)23-8-5-7-22(10-11-23)12-16-14-26-18(20-16)19(2,3)4/h6,9,14H,5,7-8,10-13H2,1-4H3. The van der Waals surface area contributed by atoms with Crippen LogP contribution >= 0.6 is 11.3 Å². The van der Waals surface area contributed by atoms with Crippen LogP contribution in [0.4, 0.5) is 0 Å². The van der Waals surface area contributed by atoms with E-state index in [0.29, 0.717) is 6.54 Å². The van der Waals surface area contributed by atoms with Gasteiger partial charge >= 0.3 is 0 Å². The van der Waals surface area contributed by atoms with E-state index in [1.807, 2.05) is 24.1 Å². The number of carbonyl (C=O) groups is 1. The van der Waals surface area contributed by atoms with Gasteiger partial charge in [0.15, 0.2) is 0 Å². The molecule has 142 valence electrons. The van der Waals surface area contributed by atoms with Crippen molar-refractivity contribution in [1.29, 1.82) is 0 Å². The summed E-state index contributed by atoms with van der Waals surface area (Å²) in [6.07, 6.45) is 2.87. The molecule has 6 nitrogen and oxygen atoms in total. The van der Waals surface area contributed by atoms with Crippen molar-refractivity contribution < 1.29 is 4.79 Å². The van der Waals surface area contributed by atoms with E-state index in [2.05, 4.69) is 36.1 Å². The van der Waals surface area contributed by atoms with Gasteiger partial charge in [0, 0.05) is 49.7 Å². The third kappa shape index (κ3) is 4.92. The number of aryl methyl sites for hydroxylation is 1. The largest absolute Gasteiger partial charge is 0.340 e. The third-order valence-corrected chi connectivity index (χ3v) is 5.91. The van der Waals surface area contributed by atoms with Gasteiger partial charge in [-0.25, -0.2) is 4.98 Å². The molecular formula is C19H29N5OS. The Balaban J connectivity index is 1.53. The van der Waals surface area contributed by atoms with Crippen LogP contribution in [0.3, 0.4) is 0 Å². The average molecular weight is 376 g/mol.